The summed E-state index contributed by atoms with van der Waals surface area (Å²) in [6.45, 7) is 0.504. The molecule has 1 aromatic carbocycles. The Labute approximate surface area is 152 Å². The summed E-state index contributed by atoms with van der Waals surface area (Å²) in [5.74, 6) is 0.605. The van der Waals surface area contributed by atoms with Gasteiger partial charge in [0, 0.05) is 22.0 Å². The van der Waals surface area contributed by atoms with Crippen molar-refractivity contribution >= 4 is 33.5 Å². The van der Waals surface area contributed by atoms with Crippen molar-refractivity contribution in [2.45, 2.75) is 6.54 Å². The van der Waals surface area contributed by atoms with E-state index in [0.717, 1.165) is 26.8 Å². The van der Waals surface area contributed by atoms with Crippen LogP contribution in [0.2, 0.25) is 0 Å². The second-order valence-electron chi connectivity index (χ2n) is 5.36. The second kappa shape index (κ2) is 6.70. The number of hydrogen-bond acceptors (Lipinski definition) is 5. The first-order chi connectivity index (χ1) is 12.3. The van der Waals surface area contributed by atoms with Gasteiger partial charge in [0.1, 0.15) is 5.75 Å². The largest absolute Gasteiger partial charge is 0.497 e. The van der Waals surface area contributed by atoms with Crippen LogP contribution < -0.4 is 10.1 Å². The number of methoxy groups -OCH3 is 1. The minimum Gasteiger partial charge on any atom is -0.497 e. The molecule has 0 aliphatic carbocycles. The van der Waals surface area contributed by atoms with Crippen molar-refractivity contribution in [1.82, 2.24) is 14.7 Å². The van der Waals surface area contributed by atoms with E-state index in [2.05, 4.69) is 10.3 Å². The maximum absolute atomic E-state index is 12.7. The predicted octanol–water partition coefficient (Wildman–Crippen LogP) is 4.06. The molecular weight excluding hydrogens is 354 g/mol. The number of rotatable bonds is 5. The fraction of sp³-hybridized carbons (Fsp3) is 0.111. The van der Waals surface area contributed by atoms with Crippen LogP contribution in [0.25, 0.3) is 16.2 Å². The van der Waals surface area contributed by atoms with Crippen LogP contribution in [0.3, 0.4) is 0 Å². The lowest BCUT2D eigenvalue weighted by molar-refractivity contribution is 0.0947. The molecule has 0 bridgehead atoms. The Morgan fingerprint density at radius 2 is 2.04 bits per heavy atom. The standard InChI is InChI=1S/C18H15N3O2S2/c1-23-13-6-4-12(5-7-13)16-15(20-18-21(16)8-10-25-18)17(22)19-11-14-3-2-9-24-14/h2-10H,11H2,1H3,(H,19,22). The Morgan fingerprint density at radius 1 is 1.20 bits per heavy atom. The highest BCUT2D eigenvalue weighted by molar-refractivity contribution is 7.15. The number of aromatic nitrogens is 2. The van der Waals surface area contributed by atoms with Crippen LogP contribution in [-0.4, -0.2) is 22.4 Å². The Hall–Kier alpha value is -2.64. The van der Waals surface area contributed by atoms with Crippen molar-refractivity contribution in [2.75, 3.05) is 7.11 Å². The number of amides is 1. The zero-order chi connectivity index (χ0) is 17.2. The molecule has 4 rings (SSSR count). The number of carbonyl (C=O) groups is 1. The maximum atomic E-state index is 12.7. The summed E-state index contributed by atoms with van der Waals surface area (Å²) in [7, 11) is 1.63. The Balaban J connectivity index is 1.70. The minimum atomic E-state index is -0.171. The van der Waals surface area contributed by atoms with E-state index in [0.29, 0.717) is 12.2 Å². The van der Waals surface area contributed by atoms with Crippen LogP contribution in [-0.2, 0) is 6.54 Å². The van der Waals surface area contributed by atoms with E-state index in [-0.39, 0.29) is 5.91 Å². The molecule has 0 radical (unpaired) electrons. The average Bonchev–Trinajstić information content (AvgIpc) is 3.36. The second-order valence-corrected chi connectivity index (χ2v) is 7.26. The monoisotopic (exact) mass is 369 g/mol. The molecule has 1 amide bonds. The first-order valence-corrected chi connectivity index (χ1v) is 9.43. The fourth-order valence-electron chi connectivity index (χ4n) is 2.63. The fourth-order valence-corrected chi connectivity index (χ4v) is 3.99. The molecule has 0 saturated heterocycles. The molecule has 0 spiro atoms. The Kier molecular flexibility index (Phi) is 4.25. The van der Waals surface area contributed by atoms with Crippen molar-refractivity contribution in [3.63, 3.8) is 0 Å². The number of ether oxygens (including phenoxy) is 1. The van der Waals surface area contributed by atoms with Gasteiger partial charge in [-0.15, -0.1) is 22.7 Å². The number of thiophene rings is 1. The van der Waals surface area contributed by atoms with Crippen LogP contribution in [0, 0.1) is 0 Å². The van der Waals surface area contributed by atoms with Crippen LogP contribution in [0.5, 0.6) is 5.75 Å². The summed E-state index contributed by atoms with van der Waals surface area (Å²) in [6.07, 6.45) is 1.93. The maximum Gasteiger partial charge on any atom is 0.272 e. The van der Waals surface area contributed by atoms with Crippen molar-refractivity contribution in [3.05, 3.63) is 63.9 Å². The summed E-state index contributed by atoms with van der Waals surface area (Å²) in [6, 6.07) is 11.6. The zero-order valence-corrected chi connectivity index (χ0v) is 15.1. The van der Waals surface area contributed by atoms with Gasteiger partial charge in [0.15, 0.2) is 10.7 Å². The Bertz CT molecular complexity index is 1000. The quantitative estimate of drug-likeness (QED) is 0.577. The summed E-state index contributed by atoms with van der Waals surface area (Å²) >= 11 is 3.13. The summed E-state index contributed by atoms with van der Waals surface area (Å²) in [5.41, 5.74) is 2.16. The number of carbonyl (C=O) groups excluding carboxylic acids is 1. The van der Waals surface area contributed by atoms with Crippen molar-refractivity contribution in [1.29, 1.82) is 0 Å². The minimum absolute atomic E-state index is 0.171. The number of imidazole rings is 1. The van der Waals surface area contributed by atoms with Crippen LogP contribution in [0.4, 0.5) is 0 Å². The molecule has 7 heteroatoms. The van der Waals surface area contributed by atoms with Crippen molar-refractivity contribution < 1.29 is 9.53 Å². The summed E-state index contributed by atoms with van der Waals surface area (Å²) < 4.78 is 7.17. The van der Waals surface area contributed by atoms with E-state index in [1.54, 1.807) is 18.4 Å². The SMILES string of the molecule is COc1ccc(-c2c(C(=O)NCc3cccs3)nc3sccn23)cc1. The molecule has 126 valence electrons. The van der Waals surface area contributed by atoms with Gasteiger partial charge in [0.2, 0.25) is 0 Å². The zero-order valence-electron chi connectivity index (χ0n) is 13.4. The van der Waals surface area contributed by atoms with Gasteiger partial charge in [-0.2, -0.15) is 0 Å². The topological polar surface area (TPSA) is 55.6 Å². The normalized spacial score (nSPS) is 10.9. The van der Waals surface area contributed by atoms with E-state index < -0.39 is 0 Å². The number of hydrogen-bond donors (Lipinski definition) is 1. The number of nitrogens with zero attached hydrogens (tertiary/aromatic N) is 2. The van der Waals surface area contributed by atoms with Gasteiger partial charge in [0.25, 0.3) is 5.91 Å². The molecule has 0 unspecified atom stereocenters. The lowest BCUT2D eigenvalue weighted by Gasteiger charge is -2.07. The van der Waals surface area contributed by atoms with E-state index in [1.807, 2.05) is 57.8 Å². The molecule has 0 aliphatic heterocycles. The molecular formula is C18H15N3O2S2. The molecule has 25 heavy (non-hydrogen) atoms. The third-order valence-electron chi connectivity index (χ3n) is 3.84. The van der Waals surface area contributed by atoms with Crippen LogP contribution in [0.15, 0.2) is 53.4 Å². The predicted molar refractivity (Wildman–Crippen MR) is 101 cm³/mol. The molecule has 0 atom stereocenters. The molecule has 0 aliphatic rings. The van der Waals surface area contributed by atoms with Crippen LogP contribution >= 0.6 is 22.7 Å². The third kappa shape index (κ3) is 3.04. The van der Waals surface area contributed by atoms with E-state index in [9.17, 15) is 4.79 Å². The van der Waals surface area contributed by atoms with Gasteiger partial charge in [-0.25, -0.2) is 4.98 Å². The molecule has 4 aromatic rings. The highest BCUT2D eigenvalue weighted by atomic mass is 32.1. The molecule has 3 aromatic heterocycles. The molecule has 0 fully saturated rings. The van der Waals surface area contributed by atoms with E-state index in [1.165, 1.54) is 11.3 Å². The average molecular weight is 369 g/mol. The Morgan fingerprint density at radius 3 is 2.76 bits per heavy atom. The van der Waals surface area contributed by atoms with Gasteiger partial charge in [-0.05, 0) is 35.7 Å². The van der Waals surface area contributed by atoms with Gasteiger partial charge in [0.05, 0.1) is 19.3 Å². The van der Waals surface area contributed by atoms with Gasteiger partial charge in [-0.3, -0.25) is 9.20 Å². The number of nitrogens with one attached hydrogen (secondary N) is 1. The molecule has 0 saturated carbocycles. The third-order valence-corrected chi connectivity index (χ3v) is 5.48. The first-order valence-electron chi connectivity index (χ1n) is 7.67. The van der Waals surface area contributed by atoms with Gasteiger partial charge >= 0.3 is 0 Å². The lowest BCUT2D eigenvalue weighted by Crippen LogP contribution is -2.23. The first kappa shape index (κ1) is 15.9. The van der Waals surface area contributed by atoms with Crippen molar-refractivity contribution in [3.8, 4) is 17.0 Å². The molecule has 1 N–H and O–H groups in total. The summed E-state index contributed by atoms with van der Waals surface area (Å²) in [5, 5.41) is 6.92. The van der Waals surface area contributed by atoms with Crippen molar-refractivity contribution in [2.24, 2.45) is 0 Å². The highest BCUT2D eigenvalue weighted by Crippen LogP contribution is 2.29. The lowest BCUT2D eigenvalue weighted by atomic mass is 10.1. The smallest absolute Gasteiger partial charge is 0.272 e. The molecule has 5 nitrogen and oxygen atoms in total. The van der Waals surface area contributed by atoms with E-state index >= 15 is 0 Å². The van der Waals surface area contributed by atoms with E-state index in [4.69, 9.17) is 4.74 Å². The van der Waals surface area contributed by atoms with Gasteiger partial charge < -0.3 is 10.1 Å². The number of fused-ring (bicyclic) bond motifs is 1. The number of benzene rings is 1. The summed E-state index contributed by atoms with van der Waals surface area (Å²) in [4.78, 5) is 19.2. The number of thiazole rings is 1. The van der Waals surface area contributed by atoms with Gasteiger partial charge in [-0.1, -0.05) is 6.07 Å². The molecule has 3 heterocycles. The highest BCUT2D eigenvalue weighted by Gasteiger charge is 2.21. The van der Waals surface area contributed by atoms with Crippen LogP contribution in [0.1, 0.15) is 15.4 Å².